The molecule has 0 aromatic rings. The topological polar surface area (TPSA) is 66.9 Å². The van der Waals surface area contributed by atoms with Crippen LogP contribution in [0.25, 0.3) is 0 Å². The minimum absolute atomic E-state index is 0.0236. The number of carbonyl (C=O) groups is 3. The van der Waals surface area contributed by atoms with E-state index < -0.39 is 5.97 Å². The van der Waals surface area contributed by atoms with Crippen molar-refractivity contribution in [3.63, 3.8) is 0 Å². The second kappa shape index (κ2) is 4.08. The number of amides is 2. The van der Waals surface area contributed by atoms with Crippen LogP contribution in [0.1, 0.15) is 0 Å². The molecule has 1 aliphatic heterocycles. The molecular weight excluding hydrogens is 188 g/mol. The lowest BCUT2D eigenvalue weighted by Gasteiger charge is -2.30. The Bertz CT molecular complexity index is 275. The molecule has 0 N–H and O–H groups in total. The molecule has 14 heavy (non-hydrogen) atoms. The van der Waals surface area contributed by atoms with Crippen LogP contribution in [0.4, 0.5) is 0 Å². The van der Waals surface area contributed by atoms with E-state index in [1.54, 1.807) is 7.05 Å². The van der Waals surface area contributed by atoms with Crippen molar-refractivity contribution in [2.75, 3.05) is 33.8 Å². The fourth-order valence-corrected chi connectivity index (χ4v) is 1.13. The van der Waals surface area contributed by atoms with Gasteiger partial charge in [-0.2, -0.15) is 0 Å². The third kappa shape index (κ3) is 2.21. The number of likely N-dealkylation sites (N-methyl/N-ethyl adjacent to an activating group) is 1. The van der Waals surface area contributed by atoms with Gasteiger partial charge < -0.3 is 14.5 Å². The minimum atomic E-state index is -0.518. The maximum absolute atomic E-state index is 11.3. The zero-order valence-electron chi connectivity index (χ0n) is 8.15. The number of methoxy groups -OCH3 is 1. The summed E-state index contributed by atoms with van der Waals surface area (Å²) in [7, 11) is 2.79. The highest BCUT2D eigenvalue weighted by Gasteiger charge is 2.28. The lowest BCUT2D eigenvalue weighted by Crippen LogP contribution is -2.53. The summed E-state index contributed by atoms with van der Waals surface area (Å²) in [5, 5.41) is 0. The molecule has 6 heteroatoms. The van der Waals surface area contributed by atoms with E-state index in [0.29, 0.717) is 0 Å². The van der Waals surface area contributed by atoms with Gasteiger partial charge in [0.15, 0.2) is 0 Å². The van der Waals surface area contributed by atoms with Crippen molar-refractivity contribution in [1.82, 2.24) is 9.80 Å². The SMILES string of the molecule is COC(=O)CN1CC(=O)N(C)CC1=O. The Labute approximate surface area is 81.4 Å². The van der Waals surface area contributed by atoms with Crippen molar-refractivity contribution in [2.24, 2.45) is 0 Å². The van der Waals surface area contributed by atoms with Crippen LogP contribution in [0.5, 0.6) is 0 Å². The highest BCUT2D eigenvalue weighted by atomic mass is 16.5. The first-order valence-electron chi connectivity index (χ1n) is 4.13. The molecule has 1 aliphatic rings. The number of rotatable bonds is 2. The van der Waals surface area contributed by atoms with Crippen LogP contribution >= 0.6 is 0 Å². The van der Waals surface area contributed by atoms with Crippen molar-refractivity contribution >= 4 is 17.8 Å². The van der Waals surface area contributed by atoms with E-state index in [1.807, 2.05) is 0 Å². The van der Waals surface area contributed by atoms with Crippen LogP contribution < -0.4 is 0 Å². The summed E-state index contributed by atoms with van der Waals surface area (Å²) in [6.07, 6.45) is 0. The van der Waals surface area contributed by atoms with Crippen molar-refractivity contribution in [3.05, 3.63) is 0 Å². The Kier molecular flexibility index (Phi) is 3.06. The lowest BCUT2D eigenvalue weighted by molar-refractivity contribution is -0.154. The number of esters is 1. The Morgan fingerprint density at radius 3 is 2.57 bits per heavy atom. The van der Waals surface area contributed by atoms with E-state index in [-0.39, 0.29) is 31.4 Å². The van der Waals surface area contributed by atoms with Crippen LogP contribution in [0, 0.1) is 0 Å². The Morgan fingerprint density at radius 2 is 2.00 bits per heavy atom. The molecule has 0 aliphatic carbocycles. The molecule has 1 rings (SSSR count). The van der Waals surface area contributed by atoms with Gasteiger partial charge in [-0.05, 0) is 0 Å². The van der Waals surface area contributed by atoms with E-state index in [2.05, 4.69) is 4.74 Å². The quantitative estimate of drug-likeness (QED) is 0.507. The van der Waals surface area contributed by atoms with Gasteiger partial charge in [0.2, 0.25) is 11.8 Å². The zero-order valence-corrected chi connectivity index (χ0v) is 8.15. The minimum Gasteiger partial charge on any atom is -0.468 e. The molecule has 0 radical (unpaired) electrons. The van der Waals surface area contributed by atoms with E-state index in [9.17, 15) is 14.4 Å². The first-order chi connectivity index (χ1) is 6.54. The molecule has 1 saturated heterocycles. The van der Waals surface area contributed by atoms with Crippen molar-refractivity contribution in [3.8, 4) is 0 Å². The molecule has 0 spiro atoms. The Morgan fingerprint density at radius 1 is 1.36 bits per heavy atom. The molecule has 0 aromatic heterocycles. The van der Waals surface area contributed by atoms with Crippen molar-refractivity contribution in [2.45, 2.75) is 0 Å². The predicted molar refractivity (Wildman–Crippen MR) is 46.2 cm³/mol. The molecule has 0 aromatic carbocycles. The standard InChI is InChI=1S/C8H12N2O4/c1-9-3-7(12)10(4-6(9)11)5-8(13)14-2/h3-5H2,1-2H3. The smallest absolute Gasteiger partial charge is 0.325 e. The highest BCUT2D eigenvalue weighted by Crippen LogP contribution is 2.02. The van der Waals surface area contributed by atoms with Crippen LogP contribution in [-0.2, 0) is 19.1 Å². The molecule has 1 fully saturated rings. The summed E-state index contributed by atoms with van der Waals surface area (Å²) in [5.41, 5.74) is 0. The molecule has 6 nitrogen and oxygen atoms in total. The second-order valence-electron chi connectivity index (χ2n) is 3.08. The first-order valence-corrected chi connectivity index (χ1v) is 4.13. The molecule has 0 saturated carbocycles. The maximum atomic E-state index is 11.3. The average molecular weight is 200 g/mol. The van der Waals surface area contributed by atoms with Gasteiger partial charge in [-0.3, -0.25) is 14.4 Å². The summed E-state index contributed by atoms with van der Waals surface area (Å²) in [6.45, 7) is -0.185. The maximum Gasteiger partial charge on any atom is 0.325 e. The van der Waals surface area contributed by atoms with Gasteiger partial charge in [0.05, 0.1) is 13.7 Å². The highest BCUT2D eigenvalue weighted by molar-refractivity contribution is 5.94. The van der Waals surface area contributed by atoms with Gasteiger partial charge in [0.1, 0.15) is 13.1 Å². The van der Waals surface area contributed by atoms with E-state index in [1.165, 1.54) is 16.9 Å². The van der Waals surface area contributed by atoms with E-state index in [4.69, 9.17) is 0 Å². The van der Waals surface area contributed by atoms with Gasteiger partial charge in [-0.15, -0.1) is 0 Å². The molecule has 2 amide bonds. The van der Waals surface area contributed by atoms with Gasteiger partial charge in [0.25, 0.3) is 0 Å². The fraction of sp³-hybridized carbons (Fsp3) is 0.625. The van der Waals surface area contributed by atoms with Crippen LogP contribution in [0.15, 0.2) is 0 Å². The van der Waals surface area contributed by atoms with Crippen molar-refractivity contribution < 1.29 is 19.1 Å². The fourth-order valence-electron chi connectivity index (χ4n) is 1.13. The monoisotopic (exact) mass is 200 g/mol. The van der Waals surface area contributed by atoms with Crippen LogP contribution in [-0.4, -0.2) is 61.4 Å². The number of piperazine rings is 1. The lowest BCUT2D eigenvalue weighted by atomic mass is 10.3. The summed E-state index contributed by atoms with van der Waals surface area (Å²) < 4.78 is 4.41. The Balaban J connectivity index is 2.57. The summed E-state index contributed by atoms with van der Waals surface area (Å²) in [4.78, 5) is 35.9. The average Bonchev–Trinajstić information content (AvgIpc) is 2.14. The van der Waals surface area contributed by atoms with Crippen molar-refractivity contribution in [1.29, 1.82) is 0 Å². The largest absolute Gasteiger partial charge is 0.468 e. The predicted octanol–water partition coefficient (Wildman–Crippen LogP) is -1.54. The molecule has 0 unspecified atom stereocenters. The summed E-state index contributed by atoms with van der Waals surface area (Å²) >= 11 is 0. The number of ether oxygens (including phenoxy) is 1. The molecule has 0 atom stereocenters. The van der Waals surface area contributed by atoms with E-state index in [0.717, 1.165) is 0 Å². The third-order valence-electron chi connectivity index (χ3n) is 2.02. The zero-order chi connectivity index (χ0) is 10.7. The number of hydrogen-bond donors (Lipinski definition) is 0. The number of carbonyl (C=O) groups excluding carboxylic acids is 3. The van der Waals surface area contributed by atoms with Crippen LogP contribution in [0.2, 0.25) is 0 Å². The van der Waals surface area contributed by atoms with Gasteiger partial charge in [-0.25, -0.2) is 0 Å². The Hall–Kier alpha value is -1.59. The van der Waals surface area contributed by atoms with E-state index >= 15 is 0 Å². The first kappa shape index (κ1) is 10.5. The third-order valence-corrected chi connectivity index (χ3v) is 2.02. The van der Waals surface area contributed by atoms with Crippen LogP contribution in [0.3, 0.4) is 0 Å². The van der Waals surface area contributed by atoms with Gasteiger partial charge in [-0.1, -0.05) is 0 Å². The second-order valence-corrected chi connectivity index (χ2v) is 3.08. The number of nitrogens with zero attached hydrogens (tertiary/aromatic N) is 2. The van der Waals surface area contributed by atoms with Gasteiger partial charge in [0, 0.05) is 7.05 Å². The molecule has 1 heterocycles. The molecule has 78 valence electrons. The molecular formula is C8H12N2O4. The molecule has 0 bridgehead atoms. The summed E-state index contributed by atoms with van der Waals surface area (Å²) in [5.74, 6) is -0.929. The van der Waals surface area contributed by atoms with Gasteiger partial charge >= 0.3 is 5.97 Å². The number of hydrogen-bond acceptors (Lipinski definition) is 4. The normalized spacial score (nSPS) is 17.3. The summed E-state index contributed by atoms with van der Waals surface area (Å²) in [6, 6.07) is 0.